The molecule has 0 bridgehead atoms. The lowest BCUT2D eigenvalue weighted by Gasteiger charge is -2.34. The van der Waals surface area contributed by atoms with Crippen molar-refractivity contribution in [2.45, 2.75) is 31.6 Å². The number of piperidine rings is 1. The first-order valence-electron chi connectivity index (χ1n) is 10.1. The molecule has 30 heavy (non-hydrogen) atoms. The van der Waals surface area contributed by atoms with Crippen LogP contribution in [-0.4, -0.2) is 72.5 Å². The number of hydrogen-bond acceptors (Lipinski definition) is 5. The summed E-state index contributed by atoms with van der Waals surface area (Å²) in [6.07, 6.45) is 0.00965. The summed E-state index contributed by atoms with van der Waals surface area (Å²) in [5.41, 5.74) is 6.43. The Morgan fingerprint density at radius 3 is 2.80 bits per heavy atom. The van der Waals surface area contributed by atoms with E-state index in [1.165, 1.54) is 0 Å². The van der Waals surface area contributed by atoms with E-state index in [2.05, 4.69) is 4.98 Å². The minimum absolute atomic E-state index is 0.0915. The third-order valence-corrected chi connectivity index (χ3v) is 5.90. The second-order valence-electron chi connectivity index (χ2n) is 8.17. The van der Waals surface area contributed by atoms with Gasteiger partial charge >= 0.3 is 0 Å². The topological polar surface area (TPSA) is 76.6 Å². The average Bonchev–Trinajstić information content (AvgIpc) is 3.33. The van der Waals surface area contributed by atoms with Gasteiger partial charge in [0.05, 0.1) is 23.7 Å². The zero-order valence-electron chi connectivity index (χ0n) is 16.9. The Labute approximate surface area is 172 Å². The number of ether oxygens (including phenoxy) is 1. The Morgan fingerprint density at radius 2 is 2.10 bits per heavy atom. The third kappa shape index (κ3) is 4.11. The number of nitrogens with zero attached hydrogens (tertiary/aromatic N) is 4. The molecule has 7 nitrogen and oxygen atoms in total. The van der Waals surface area contributed by atoms with E-state index in [9.17, 15) is 18.0 Å². The van der Waals surface area contributed by atoms with Crippen molar-refractivity contribution in [1.29, 1.82) is 0 Å². The maximum Gasteiger partial charge on any atom is 0.242 e. The molecule has 3 heterocycles. The van der Waals surface area contributed by atoms with E-state index in [0.717, 1.165) is 18.6 Å². The van der Waals surface area contributed by atoms with E-state index in [-0.39, 0.29) is 36.9 Å². The number of fused-ring (bicyclic) bond motifs is 1. The molecule has 2 saturated heterocycles. The summed E-state index contributed by atoms with van der Waals surface area (Å²) >= 11 is 0. The van der Waals surface area contributed by atoms with Gasteiger partial charge in [-0.1, -0.05) is 0 Å². The molecule has 2 aliphatic heterocycles. The summed E-state index contributed by atoms with van der Waals surface area (Å²) in [7, 11) is 1.71. The van der Waals surface area contributed by atoms with Gasteiger partial charge in [-0.05, 0) is 12.8 Å². The monoisotopic (exact) mass is 425 g/mol. The predicted octanol–water partition coefficient (Wildman–Crippen LogP) is 1.68. The highest BCUT2D eigenvalue weighted by Crippen LogP contribution is 2.28. The number of rotatable bonds is 5. The van der Waals surface area contributed by atoms with Crippen LogP contribution in [0.5, 0.6) is 0 Å². The highest BCUT2D eigenvalue weighted by atomic mass is 19.2. The lowest BCUT2D eigenvalue weighted by atomic mass is 10.1. The van der Waals surface area contributed by atoms with Crippen molar-refractivity contribution in [3.63, 3.8) is 0 Å². The van der Waals surface area contributed by atoms with Crippen LogP contribution >= 0.6 is 0 Å². The molecule has 0 radical (unpaired) electrons. The first kappa shape index (κ1) is 20.9. The fourth-order valence-corrected chi connectivity index (χ4v) is 4.11. The molecule has 2 N–H and O–H groups in total. The van der Waals surface area contributed by atoms with Gasteiger partial charge < -0.3 is 24.8 Å². The van der Waals surface area contributed by atoms with Gasteiger partial charge in [0.25, 0.3) is 0 Å². The van der Waals surface area contributed by atoms with Crippen LogP contribution < -0.4 is 10.6 Å². The number of carbonyl (C=O) groups is 1. The second-order valence-corrected chi connectivity index (χ2v) is 8.17. The Kier molecular flexibility index (Phi) is 5.88. The van der Waals surface area contributed by atoms with Crippen molar-refractivity contribution in [1.82, 2.24) is 14.5 Å². The number of carbonyl (C=O) groups excluding carboxylic acids is 1. The largest absolute Gasteiger partial charge is 0.381 e. The van der Waals surface area contributed by atoms with Gasteiger partial charge in [-0.15, -0.1) is 0 Å². The number of aromatic nitrogens is 2. The van der Waals surface area contributed by atoms with Gasteiger partial charge in [-0.25, -0.2) is 18.2 Å². The van der Waals surface area contributed by atoms with Crippen molar-refractivity contribution in [3.8, 4) is 0 Å². The quantitative estimate of drug-likeness (QED) is 0.789. The number of likely N-dealkylation sites (N-methyl/N-ethyl adjacent to an activating group) is 1. The molecule has 0 aliphatic carbocycles. The second kappa shape index (κ2) is 8.43. The molecule has 1 aromatic heterocycles. The number of halogens is 3. The first-order chi connectivity index (χ1) is 14.3. The van der Waals surface area contributed by atoms with Crippen molar-refractivity contribution >= 4 is 22.9 Å². The SMILES string of the molecule is CN(CC1CCOC1)C(=O)Cn1c(N2CC[C@@H](F)[C@H](N)C2)nc2cc(F)c(F)cc21. The summed E-state index contributed by atoms with van der Waals surface area (Å²) in [5.74, 6) is -1.56. The molecule has 2 aliphatic rings. The van der Waals surface area contributed by atoms with Crippen LogP contribution in [0.15, 0.2) is 12.1 Å². The number of imidazole rings is 1. The fraction of sp³-hybridized carbons (Fsp3) is 0.600. The van der Waals surface area contributed by atoms with Crippen molar-refractivity contribution < 1.29 is 22.7 Å². The van der Waals surface area contributed by atoms with Crippen molar-refractivity contribution in [3.05, 3.63) is 23.8 Å². The summed E-state index contributed by atoms with van der Waals surface area (Å²) in [6, 6.07) is 1.36. The Hall–Kier alpha value is -2.33. The number of hydrogen-bond donors (Lipinski definition) is 1. The van der Waals surface area contributed by atoms with Gasteiger partial charge in [0.2, 0.25) is 11.9 Å². The Bertz CT molecular complexity index is 931. The maximum absolute atomic E-state index is 14.0. The van der Waals surface area contributed by atoms with E-state index in [0.29, 0.717) is 37.8 Å². The predicted molar refractivity (Wildman–Crippen MR) is 106 cm³/mol. The van der Waals surface area contributed by atoms with Gasteiger partial charge in [0.15, 0.2) is 11.6 Å². The smallest absolute Gasteiger partial charge is 0.242 e. The molecule has 0 spiro atoms. The summed E-state index contributed by atoms with van der Waals surface area (Å²) in [6.45, 7) is 2.34. The van der Waals surface area contributed by atoms with Gasteiger partial charge in [-0.2, -0.15) is 0 Å². The van der Waals surface area contributed by atoms with Crippen LogP contribution in [0.1, 0.15) is 12.8 Å². The van der Waals surface area contributed by atoms with Crippen molar-refractivity contribution in [2.24, 2.45) is 11.7 Å². The molecule has 3 atom stereocenters. The number of benzene rings is 1. The lowest BCUT2D eigenvalue weighted by molar-refractivity contribution is -0.131. The molecule has 2 aromatic rings. The van der Waals surface area contributed by atoms with Crippen LogP contribution in [0.25, 0.3) is 11.0 Å². The Balaban J connectivity index is 1.64. The molecule has 1 amide bonds. The average molecular weight is 425 g/mol. The fourth-order valence-electron chi connectivity index (χ4n) is 4.11. The van der Waals surface area contributed by atoms with Gasteiger partial charge in [-0.3, -0.25) is 4.79 Å². The summed E-state index contributed by atoms with van der Waals surface area (Å²) in [5, 5.41) is 0. The van der Waals surface area contributed by atoms with E-state index in [1.807, 2.05) is 0 Å². The standard InChI is InChI=1S/C20H26F3N5O2/c1-26(8-12-3-5-30-11-12)19(29)10-28-18-7-15(23)14(22)6-17(18)25-20(28)27-4-2-13(21)16(24)9-27/h6-7,12-13,16H,2-5,8-11,24H2,1H3/t12?,13-,16-/m1/s1. The molecular weight excluding hydrogens is 399 g/mol. The zero-order valence-corrected chi connectivity index (χ0v) is 16.9. The van der Waals surface area contributed by atoms with Crippen molar-refractivity contribution in [2.75, 3.05) is 44.8 Å². The van der Waals surface area contributed by atoms with Crippen LogP contribution in [0.4, 0.5) is 19.1 Å². The van der Waals surface area contributed by atoms with Crippen LogP contribution in [0, 0.1) is 17.6 Å². The number of alkyl halides is 1. The van der Waals surface area contributed by atoms with Gasteiger partial charge in [0.1, 0.15) is 12.7 Å². The van der Waals surface area contributed by atoms with E-state index in [1.54, 1.807) is 21.4 Å². The lowest BCUT2D eigenvalue weighted by Crippen LogP contribution is -2.50. The normalized spacial score (nSPS) is 24.6. The molecule has 4 rings (SSSR count). The molecular formula is C20H26F3N5O2. The molecule has 2 fully saturated rings. The maximum atomic E-state index is 14.0. The van der Waals surface area contributed by atoms with Crippen LogP contribution in [0.2, 0.25) is 0 Å². The minimum atomic E-state index is -1.12. The third-order valence-electron chi connectivity index (χ3n) is 5.90. The van der Waals surface area contributed by atoms with Crippen LogP contribution in [-0.2, 0) is 16.1 Å². The summed E-state index contributed by atoms with van der Waals surface area (Å²) < 4.78 is 48.5. The molecule has 164 valence electrons. The molecule has 1 aromatic carbocycles. The Morgan fingerprint density at radius 1 is 1.33 bits per heavy atom. The van der Waals surface area contributed by atoms with Gasteiger partial charge in [0, 0.05) is 51.3 Å². The van der Waals surface area contributed by atoms with E-state index >= 15 is 0 Å². The number of nitrogens with two attached hydrogens (primary N) is 1. The molecule has 0 saturated carbocycles. The van der Waals surface area contributed by atoms with E-state index < -0.39 is 23.8 Å². The highest BCUT2D eigenvalue weighted by molar-refractivity contribution is 5.83. The number of anilines is 1. The number of amides is 1. The highest BCUT2D eigenvalue weighted by Gasteiger charge is 2.30. The van der Waals surface area contributed by atoms with Crippen LogP contribution in [0.3, 0.4) is 0 Å². The summed E-state index contributed by atoms with van der Waals surface area (Å²) in [4.78, 5) is 20.7. The van der Waals surface area contributed by atoms with E-state index in [4.69, 9.17) is 10.5 Å². The zero-order chi connectivity index (χ0) is 21.4. The molecule has 1 unspecified atom stereocenters. The minimum Gasteiger partial charge on any atom is -0.381 e. The first-order valence-corrected chi connectivity index (χ1v) is 10.1. The molecule has 10 heteroatoms.